The summed E-state index contributed by atoms with van der Waals surface area (Å²) in [7, 11) is 1.73. The van der Waals surface area contributed by atoms with Gasteiger partial charge in [-0.05, 0) is 64.2 Å². The second-order valence-corrected chi connectivity index (χ2v) is 9.53. The molecule has 0 aromatic rings. The molecule has 0 aromatic heterocycles. The second-order valence-electron chi connectivity index (χ2n) is 9.53. The van der Waals surface area contributed by atoms with Gasteiger partial charge in [0.25, 0.3) is 0 Å². The molecule has 2 heterocycles. The van der Waals surface area contributed by atoms with Crippen LogP contribution < -0.4 is 5.32 Å². The van der Waals surface area contributed by atoms with E-state index < -0.39 is 11.5 Å². The summed E-state index contributed by atoms with van der Waals surface area (Å²) in [5.74, 6) is 1.38. The molecule has 0 bridgehead atoms. The zero-order valence-electron chi connectivity index (χ0n) is 16.6. The molecule has 146 valence electrons. The van der Waals surface area contributed by atoms with Gasteiger partial charge < -0.3 is 10.4 Å². The van der Waals surface area contributed by atoms with E-state index in [1.165, 1.54) is 0 Å². The van der Waals surface area contributed by atoms with Gasteiger partial charge >= 0.3 is 5.97 Å². The summed E-state index contributed by atoms with van der Waals surface area (Å²) in [6, 6.07) is 1.12. The Labute approximate surface area is 156 Å². The van der Waals surface area contributed by atoms with Crippen molar-refractivity contribution in [1.29, 1.82) is 0 Å². The molecule has 2 aliphatic carbocycles. The molecule has 6 unspecified atom stereocenters. The van der Waals surface area contributed by atoms with E-state index in [0.717, 1.165) is 25.9 Å². The minimum Gasteiger partial charge on any atom is -0.480 e. The van der Waals surface area contributed by atoms with Crippen LogP contribution in [0.3, 0.4) is 0 Å². The number of nitrogens with zero attached hydrogens (tertiary/aromatic N) is 2. The minimum atomic E-state index is -0.644. The molecule has 4 fully saturated rings. The molecule has 4 rings (SSSR count). The van der Waals surface area contributed by atoms with E-state index in [4.69, 9.17) is 0 Å². The van der Waals surface area contributed by atoms with Crippen LogP contribution in [0.2, 0.25) is 0 Å². The third-order valence-electron chi connectivity index (χ3n) is 7.72. The topological polar surface area (TPSA) is 72.9 Å². The van der Waals surface area contributed by atoms with Crippen LogP contribution in [0.4, 0.5) is 0 Å². The number of hydrogen-bond acceptors (Lipinski definition) is 4. The van der Waals surface area contributed by atoms with Gasteiger partial charge in [-0.15, -0.1) is 0 Å². The summed E-state index contributed by atoms with van der Waals surface area (Å²) in [6.45, 7) is 10.6. The van der Waals surface area contributed by atoms with E-state index in [1.807, 2.05) is 0 Å². The van der Waals surface area contributed by atoms with Crippen molar-refractivity contribution in [3.05, 3.63) is 0 Å². The number of carbonyl (C=O) groups is 2. The average Bonchev–Trinajstić information content (AvgIpc) is 3.45. The van der Waals surface area contributed by atoms with Gasteiger partial charge in [0.2, 0.25) is 5.91 Å². The van der Waals surface area contributed by atoms with E-state index in [0.29, 0.717) is 29.8 Å². The molecular weight excluding hydrogens is 330 g/mol. The zero-order chi connectivity index (χ0) is 19.0. The van der Waals surface area contributed by atoms with Crippen molar-refractivity contribution in [3.8, 4) is 0 Å². The van der Waals surface area contributed by atoms with Crippen molar-refractivity contribution in [2.45, 2.75) is 64.2 Å². The number of piperidine rings is 2. The first-order valence-corrected chi connectivity index (χ1v) is 10.2. The van der Waals surface area contributed by atoms with Crippen LogP contribution in [-0.2, 0) is 9.59 Å². The van der Waals surface area contributed by atoms with Crippen molar-refractivity contribution >= 4 is 11.9 Å². The number of fused-ring (bicyclic) bond motifs is 2. The van der Waals surface area contributed by atoms with Gasteiger partial charge in [-0.25, -0.2) is 0 Å². The van der Waals surface area contributed by atoms with E-state index in [2.05, 4.69) is 42.8 Å². The maximum atomic E-state index is 12.3. The van der Waals surface area contributed by atoms with Crippen LogP contribution in [0.5, 0.6) is 0 Å². The van der Waals surface area contributed by atoms with Crippen LogP contribution in [0.1, 0.15) is 40.5 Å². The molecule has 2 saturated heterocycles. The van der Waals surface area contributed by atoms with Crippen molar-refractivity contribution < 1.29 is 14.7 Å². The molecule has 26 heavy (non-hydrogen) atoms. The standard InChI is InChI=1S/C20H33N3O3/c1-10(2)22-9-14-15(16(14)18(24)21-5)17(22)12-6-13-7-20(13,19(25)26)23(8-12)11(3)4/h10-17H,6-9H2,1-5H3,(H,21,24)(H,25,26)/t12?,13-,14?,15?,16?,17?,20?/m1/s1. The van der Waals surface area contributed by atoms with Crippen LogP contribution in [-0.4, -0.2) is 70.6 Å². The fourth-order valence-electron chi connectivity index (χ4n) is 6.47. The number of carboxylic acid groups (broad SMARTS) is 1. The van der Waals surface area contributed by atoms with E-state index in [-0.39, 0.29) is 23.8 Å². The van der Waals surface area contributed by atoms with Crippen LogP contribution >= 0.6 is 0 Å². The summed E-state index contributed by atoms with van der Waals surface area (Å²) in [5, 5.41) is 12.7. The molecule has 0 aromatic carbocycles. The number of nitrogens with one attached hydrogen (secondary N) is 1. The van der Waals surface area contributed by atoms with Crippen molar-refractivity contribution in [1.82, 2.24) is 15.1 Å². The molecule has 6 nitrogen and oxygen atoms in total. The Kier molecular flexibility index (Phi) is 4.16. The van der Waals surface area contributed by atoms with Gasteiger partial charge in [-0.3, -0.25) is 19.4 Å². The summed E-state index contributed by atoms with van der Waals surface area (Å²) in [6.07, 6.45) is 1.78. The second kappa shape index (κ2) is 5.93. The Morgan fingerprint density at radius 2 is 1.85 bits per heavy atom. The molecule has 1 amide bonds. The summed E-state index contributed by atoms with van der Waals surface area (Å²) in [5.41, 5.74) is -0.616. The number of rotatable bonds is 5. The van der Waals surface area contributed by atoms with Crippen LogP contribution in [0.25, 0.3) is 0 Å². The lowest BCUT2D eigenvalue weighted by molar-refractivity contribution is -0.149. The van der Waals surface area contributed by atoms with Crippen molar-refractivity contribution in [3.63, 3.8) is 0 Å². The summed E-state index contributed by atoms with van der Waals surface area (Å²) >= 11 is 0. The highest BCUT2D eigenvalue weighted by Gasteiger charge is 2.71. The third-order valence-corrected chi connectivity index (χ3v) is 7.72. The summed E-state index contributed by atoms with van der Waals surface area (Å²) in [4.78, 5) is 29.1. The smallest absolute Gasteiger partial charge is 0.324 e. The average molecular weight is 364 g/mol. The van der Waals surface area contributed by atoms with E-state index >= 15 is 0 Å². The number of amides is 1. The highest BCUT2D eigenvalue weighted by Crippen LogP contribution is 2.62. The number of likely N-dealkylation sites (tertiary alicyclic amines) is 2. The van der Waals surface area contributed by atoms with Gasteiger partial charge in [0, 0.05) is 44.2 Å². The molecule has 7 atom stereocenters. The minimum absolute atomic E-state index is 0.165. The Balaban J connectivity index is 1.58. The molecule has 2 aliphatic heterocycles. The molecule has 4 aliphatic rings. The Hall–Kier alpha value is -1.14. The van der Waals surface area contributed by atoms with Crippen LogP contribution in [0.15, 0.2) is 0 Å². The number of aliphatic carboxylic acids is 1. The Bertz CT molecular complexity index is 621. The fraction of sp³-hybridized carbons (Fsp3) is 0.900. The molecule has 2 saturated carbocycles. The number of hydrogen-bond donors (Lipinski definition) is 2. The quantitative estimate of drug-likeness (QED) is 0.769. The lowest BCUT2D eigenvalue weighted by atomic mass is 9.83. The predicted octanol–water partition coefficient (Wildman–Crippen LogP) is 1.26. The highest BCUT2D eigenvalue weighted by atomic mass is 16.4. The van der Waals surface area contributed by atoms with E-state index in [1.54, 1.807) is 7.05 Å². The van der Waals surface area contributed by atoms with E-state index in [9.17, 15) is 14.7 Å². The first-order chi connectivity index (χ1) is 12.2. The molecule has 6 heteroatoms. The largest absolute Gasteiger partial charge is 0.480 e. The van der Waals surface area contributed by atoms with Crippen LogP contribution in [0, 0.1) is 29.6 Å². The van der Waals surface area contributed by atoms with Crippen molar-refractivity contribution in [2.24, 2.45) is 29.6 Å². The van der Waals surface area contributed by atoms with Crippen molar-refractivity contribution in [2.75, 3.05) is 20.1 Å². The predicted molar refractivity (Wildman–Crippen MR) is 98.6 cm³/mol. The lowest BCUT2D eigenvalue weighted by Gasteiger charge is -2.45. The summed E-state index contributed by atoms with van der Waals surface area (Å²) < 4.78 is 0. The first kappa shape index (κ1) is 18.2. The maximum Gasteiger partial charge on any atom is 0.324 e. The molecule has 0 radical (unpaired) electrons. The van der Waals surface area contributed by atoms with Gasteiger partial charge in [-0.2, -0.15) is 0 Å². The molecular formula is C20H33N3O3. The zero-order valence-corrected chi connectivity index (χ0v) is 16.6. The highest BCUT2D eigenvalue weighted by molar-refractivity contribution is 5.84. The van der Waals surface area contributed by atoms with Gasteiger partial charge in [0.1, 0.15) is 5.54 Å². The Morgan fingerprint density at radius 1 is 1.15 bits per heavy atom. The van der Waals surface area contributed by atoms with Gasteiger partial charge in [0.15, 0.2) is 0 Å². The van der Waals surface area contributed by atoms with Gasteiger partial charge in [-0.1, -0.05) is 0 Å². The molecule has 0 spiro atoms. The number of carboxylic acids is 1. The Morgan fingerprint density at radius 3 is 2.38 bits per heavy atom. The monoisotopic (exact) mass is 363 g/mol. The first-order valence-electron chi connectivity index (χ1n) is 10.2. The maximum absolute atomic E-state index is 12.3. The normalized spacial score (nSPS) is 44.7. The lowest BCUT2D eigenvalue weighted by Crippen LogP contribution is -2.57. The SMILES string of the molecule is CNC(=O)C1C2CN(C(C)C)C(C3C[C@@H]4CC4(C(=O)O)N(C(C)C)C3)C21. The number of carbonyl (C=O) groups excluding carboxylic acids is 1. The fourth-order valence-corrected chi connectivity index (χ4v) is 6.47. The molecule has 2 N–H and O–H groups in total. The van der Waals surface area contributed by atoms with Gasteiger partial charge in [0.05, 0.1) is 0 Å². The third kappa shape index (κ3) is 2.37.